The summed E-state index contributed by atoms with van der Waals surface area (Å²) in [5.41, 5.74) is 1.16. The highest BCUT2D eigenvalue weighted by molar-refractivity contribution is 5.99. The molecule has 0 unspecified atom stereocenters. The van der Waals surface area contributed by atoms with Crippen LogP contribution in [0.4, 0.5) is 0 Å². The zero-order chi connectivity index (χ0) is 15.5. The Kier molecular flexibility index (Phi) is 4.43. The van der Waals surface area contributed by atoms with Gasteiger partial charge in [-0.3, -0.25) is 9.59 Å². The first kappa shape index (κ1) is 15.0. The summed E-state index contributed by atoms with van der Waals surface area (Å²) in [5, 5.41) is 6.22. The van der Waals surface area contributed by atoms with Crippen molar-refractivity contribution in [3.8, 4) is 0 Å². The zero-order valence-electron chi connectivity index (χ0n) is 13.0. The summed E-state index contributed by atoms with van der Waals surface area (Å²) in [6.45, 7) is 6.33. The molecule has 0 saturated carbocycles. The monoisotopic (exact) mass is 301 g/mol. The van der Waals surface area contributed by atoms with E-state index in [1.807, 2.05) is 11.8 Å². The number of hydrogen-bond donors (Lipinski definition) is 2. The molecule has 0 bridgehead atoms. The van der Waals surface area contributed by atoms with E-state index >= 15 is 0 Å². The number of likely N-dealkylation sites (tertiary alicyclic amines) is 1. The number of nitrogens with zero attached hydrogens (tertiary/aromatic N) is 1. The van der Waals surface area contributed by atoms with Gasteiger partial charge in [0.2, 0.25) is 0 Å². The minimum atomic E-state index is -0.112. The molecular weight excluding hydrogens is 278 g/mol. The van der Waals surface area contributed by atoms with Crippen LogP contribution in [0.1, 0.15) is 34.1 Å². The quantitative estimate of drug-likeness (QED) is 0.876. The summed E-state index contributed by atoms with van der Waals surface area (Å²) in [4.78, 5) is 26.6. The maximum absolute atomic E-state index is 12.6. The van der Waals surface area contributed by atoms with E-state index in [9.17, 15) is 9.59 Å². The van der Waals surface area contributed by atoms with Crippen LogP contribution in [0.2, 0.25) is 0 Å². The maximum Gasteiger partial charge on any atom is 0.253 e. The third-order valence-corrected chi connectivity index (χ3v) is 4.58. The minimum Gasteiger partial charge on any atom is -0.352 e. The van der Waals surface area contributed by atoms with E-state index in [4.69, 9.17) is 0 Å². The number of carbonyl (C=O) groups is 2. The topological polar surface area (TPSA) is 61.4 Å². The molecule has 2 aliphatic rings. The van der Waals surface area contributed by atoms with Gasteiger partial charge in [0, 0.05) is 43.9 Å². The largest absolute Gasteiger partial charge is 0.352 e. The molecule has 0 aliphatic carbocycles. The summed E-state index contributed by atoms with van der Waals surface area (Å²) in [6, 6.07) is 7.04. The van der Waals surface area contributed by atoms with Crippen LogP contribution >= 0.6 is 0 Å². The Morgan fingerprint density at radius 2 is 1.91 bits per heavy atom. The third-order valence-electron chi connectivity index (χ3n) is 4.58. The van der Waals surface area contributed by atoms with E-state index in [1.165, 1.54) is 0 Å². The van der Waals surface area contributed by atoms with E-state index in [2.05, 4.69) is 10.6 Å². The minimum absolute atomic E-state index is 0.0412. The lowest BCUT2D eigenvalue weighted by Crippen LogP contribution is -2.32. The highest BCUT2D eigenvalue weighted by Gasteiger charge is 2.38. The van der Waals surface area contributed by atoms with Crippen LogP contribution in [0.5, 0.6) is 0 Å². The van der Waals surface area contributed by atoms with Gasteiger partial charge in [0.25, 0.3) is 11.8 Å². The standard InChI is InChI=1S/C17H23N3O2/c1-2-6-19-16(21)12-4-3-5-13(7-12)17(22)20-10-14-8-18-9-15(14)11-20/h3-5,7,14-15,18H,2,6,8-11H2,1H3,(H,19,21)/t14-,15+. The average molecular weight is 301 g/mol. The fourth-order valence-corrected chi connectivity index (χ4v) is 3.34. The van der Waals surface area contributed by atoms with Crippen LogP contribution < -0.4 is 10.6 Å². The molecule has 1 aromatic rings. The van der Waals surface area contributed by atoms with Gasteiger partial charge in [-0.25, -0.2) is 0 Å². The van der Waals surface area contributed by atoms with Crippen molar-refractivity contribution in [2.45, 2.75) is 13.3 Å². The van der Waals surface area contributed by atoms with Gasteiger partial charge in [-0.1, -0.05) is 13.0 Å². The molecule has 5 heteroatoms. The van der Waals surface area contributed by atoms with Crippen molar-refractivity contribution in [3.05, 3.63) is 35.4 Å². The zero-order valence-corrected chi connectivity index (χ0v) is 13.0. The predicted molar refractivity (Wildman–Crippen MR) is 84.8 cm³/mol. The van der Waals surface area contributed by atoms with E-state index in [0.29, 0.717) is 29.5 Å². The summed E-state index contributed by atoms with van der Waals surface area (Å²) < 4.78 is 0. The van der Waals surface area contributed by atoms with Crippen LogP contribution in [0.15, 0.2) is 24.3 Å². The molecule has 2 fully saturated rings. The van der Waals surface area contributed by atoms with Gasteiger partial charge in [-0.2, -0.15) is 0 Å². The molecule has 0 radical (unpaired) electrons. The Morgan fingerprint density at radius 3 is 2.59 bits per heavy atom. The van der Waals surface area contributed by atoms with Crippen LogP contribution in [-0.4, -0.2) is 49.4 Å². The van der Waals surface area contributed by atoms with E-state index in [0.717, 1.165) is 32.6 Å². The Morgan fingerprint density at radius 1 is 1.23 bits per heavy atom. The average Bonchev–Trinajstić information content (AvgIpc) is 3.13. The SMILES string of the molecule is CCCNC(=O)c1cccc(C(=O)N2C[C@H]3CNC[C@H]3C2)c1. The van der Waals surface area contributed by atoms with Crippen molar-refractivity contribution in [2.24, 2.45) is 11.8 Å². The van der Waals surface area contributed by atoms with Gasteiger partial charge >= 0.3 is 0 Å². The van der Waals surface area contributed by atoms with Crippen molar-refractivity contribution in [3.63, 3.8) is 0 Å². The highest BCUT2D eigenvalue weighted by atomic mass is 16.2. The van der Waals surface area contributed by atoms with Gasteiger partial charge in [-0.15, -0.1) is 0 Å². The predicted octanol–water partition coefficient (Wildman–Crippen LogP) is 1.12. The van der Waals surface area contributed by atoms with E-state index < -0.39 is 0 Å². The lowest BCUT2D eigenvalue weighted by Gasteiger charge is -2.18. The molecule has 2 amide bonds. The molecular formula is C17H23N3O2. The number of rotatable bonds is 4. The second kappa shape index (κ2) is 6.48. The molecule has 1 aromatic carbocycles. The fraction of sp³-hybridized carbons (Fsp3) is 0.529. The summed E-state index contributed by atoms with van der Waals surface area (Å²) >= 11 is 0. The molecule has 2 saturated heterocycles. The number of carbonyl (C=O) groups excluding carboxylic acids is 2. The Hall–Kier alpha value is -1.88. The van der Waals surface area contributed by atoms with Crippen molar-refractivity contribution in [1.82, 2.24) is 15.5 Å². The van der Waals surface area contributed by atoms with Gasteiger partial charge in [0.15, 0.2) is 0 Å². The molecule has 0 spiro atoms. The van der Waals surface area contributed by atoms with Crippen LogP contribution in [-0.2, 0) is 0 Å². The smallest absolute Gasteiger partial charge is 0.253 e. The van der Waals surface area contributed by atoms with Crippen LogP contribution in [0.3, 0.4) is 0 Å². The lowest BCUT2D eigenvalue weighted by molar-refractivity contribution is 0.0781. The normalized spacial score (nSPS) is 23.4. The summed E-state index contributed by atoms with van der Waals surface area (Å²) in [7, 11) is 0. The van der Waals surface area contributed by atoms with Gasteiger partial charge in [0.1, 0.15) is 0 Å². The first-order chi connectivity index (χ1) is 10.7. The van der Waals surface area contributed by atoms with Gasteiger partial charge in [0.05, 0.1) is 0 Å². The first-order valence-corrected chi connectivity index (χ1v) is 8.07. The molecule has 2 aliphatic heterocycles. The second-order valence-electron chi connectivity index (χ2n) is 6.23. The summed E-state index contributed by atoms with van der Waals surface area (Å²) in [6.07, 6.45) is 0.898. The number of nitrogens with one attached hydrogen (secondary N) is 2. The molecule has 0 aromatic heterocycles. The number of fused-ring (bicyclic) bond motifs is 1. The van der Waals surface area contributed by atoms with Crippen molar-refractivity contribution in [1.29, 1.82) is 0 Å². The van der Waals surface area contributed by atoms with Crippen LogP contribution in [0, 0.1) is 11.8 Å². The first-order valence-electron chi connectivity index (χ1n) is 8.07. The number of hydrogen-bond acceptors (Lipinski definition) is 3. The maximum atomic E-state index is 12.6. The van der Waals surface area contributed by atoms with E-state index in [1.54, 1.807) is 24.3 Å². The van der Waals surface area contributed by atoms with Crippen LogP contribution in [0.25, 0.3) is 0 Å². The Labute approximate surface area is 131 Å². The number of benzene rings is 1. The molecule has 118 valence electrons. The summed E-state index contributed by atoms with van der Waals surface area (Å²) in [5.74, 6) is 1.10. The lowest BCUT2D eigenvalue weighted by atomic mass is 10.0. The molecule has 3 rings (SSSR count). The third kappa shape index (κ3) is 2.99. The molecule has 22 heavy (non-hydrogen) atoms. The van der Waals surface area contributed by atoms with Crippen molar-refractivity contribution < 1.29 is 9.59 Å². The van der Waals surface area contributed by atoms with Gasteiger partial charge < -0.3 is 15.5 Å². The fourth-order valence-electron chi connectivity index (χ4n) is 3.34. The Bertz CT molecular complexity index is 561. The highest BCUT2D eigenvalue weighted by Crippen LogP contribution is 2.27. The van der Waals surface area contributed by atoms with Crippen molar-refractivity contribution in [2.75, 3.05) is 32.7 Å². The molecule has 2 heterocycles. The second-order valence-corrected chi connectivity index (χ2v) is 6.23. The molecule has 2 atom stereocenters. The molecule has 5 nitrogen and oxygen atoms in total. The Balaban J connectivity index is 1.69. The van der Waals surface area contributed by atoms with Gasteiger partial charge in [-0.05, 0) is 36.5 Å². The van der Waals surface area contributed by atoms with E-state index in [-0.39, 0.29) is 11.8 Å². The van der Waals surface area contributed by atoms with Crippen molar-refractivity contribution >= 4 is 11.8 Å². The number of amides is 2. The molecule has 2 N–H and O–H groups in total.